The number of amides is 1. The minimum absolute atomic E-state index is 0.179. The summed E-state index contributed by atoms with van der Waals surface area (Å²) >= 11 is 0. The highest BCUT2D eigenvalue weighted by atomic mass is 16.1. The molecule has 2 aromatic heterocycles. The Kier molecular flexibility index (Phi) is 3.78. The van der Waals surface area contributed by atoms with Crippen molar-refractivity contribution in [3.8, 4) is 0 Å². The van der Waals surface area contributed by atoms with Gasteiger partial charge in [-0.1, -0.05) is 17.3 Å². The van der Waals surface area contributed by atoms with Gasteiger partial charge in [0.05, 0.1) is 23.3 Å². The van der Waals surface area contributed by atoms with Crippen molar-refractivity contribution >= 4 is 16.9 Å². The fraction of sp³-hybridized carbons (Fsp3) is 0.267. The third kappa shape index (κ3) is 2.78. The van der Waals surface area contributed by atoms with Crippen LogP contribution < -0.4 is 5.32 Å². The van der Waals surface area contributed by atoms with Crippen LogP contribution in [0.1, 0.15) is 21.9 Å². The van der Waals surface area contributed by atoms with Gasteiger partial charge in [-0.05, 0) is 26.0 Å². The molecule has 0 fully saturated rings. The van der Waals surface area contributed by atoms with Crippen LogP contribution in [-0.2, 0) is 6.54 Å². The number of benzene rings is 1. The molecule has 0 saturated heterocycles. The normalized spacial score (nSPS) is 10.8. The number of para-hydroxylation sites is 1. The average Bonchev–Trinajstić information content (AvgIpc) is 2.90. The first-order valence-electron chi connectivity index (χ1n) is 7.02. The lowest BCUT2D eigenvalue weighted by atomic mass is 10.2. The van der Waals surface area contributed by atoms with Crippen molar-refractivity contribution in [2.45, 2.75) is 20.4 Å². The molecule has 0 saturated carbocycles. The van der Waals surface area contributed by atoms with Crippen molar-refractivity contribution in [1.29, 1.82) is 0 Å². The van der Waals surface area contributed by atoms with Gasteiger partial charge in [-0.2, -0.15) is 0 Å². The van der Waals surface area contributed by atoms with Gasteiger partial charge in [-0.3, -0.25) is 4.79 Å². The van der Waals surface area contributed by atoms with Gasteiger partial charge in [0.25, 0.3) is 5.91 Å². The van der Waals surface area contributed by atoms with E-state index in [0.717, 1.165) is 11.0 Å². The number of rotatable bonds is 4. The van der Waals surface area contributed by atoms with Crippen molar-refractivity contribution in [2.75, 3.05) is 6.54 Å². The van der Waals surface area contributed by atoms with E-state index in [1.165, 1.54) is 0 Å². The number of nitrogens with one attached hydrogen (secondary N) is 1. The maximum absolute atomic E-state index is 12.1. The summed E-state index contributed by atoms with van der Waals surface area (Å²) in [6.07, 6.45) is 1.55. The number of aryl methyl sites for hydroxylation is 2. The first kappa shape index (κ1) is 14.1. The van der Waals surface area contributed by atoms with Gasteiger partial charge in [0.2, 0.25) is 0 Å². The van der Waals surface area contributed by atoms with E-state index in [9.17, 15) is 4.79 Å². The molecule has 3 rings (SSSR count). The van der Waals surface area contributed by atoms with Crippen LogP contribution in [0.5, 0.6) is 0 Å². The van der Waals surface area contributed by atoms with E-state index in [4.69, 9.17) is 0 Å². The molecule has 0 atom stereocenters. The molecule has 0 aliphatic carbocycles. The van der Waals surface area contributed by atoms with Crippen LogP contribution in [0.2, 0.25) is 0 Å². The lowest BCUT2D eigenvalue weighted by Crippen LogP contribution is -2.28. The molecule has 22 heavy (non-hydrogen) atoms. The van der Waals surface area contributed by atoms with Gasteiger partial charge in [0, 0.05) is 12.7 Å². The maximum Gasteiger partial charge on any atom is 0.254 e. The Balaban J connectivity index is 1.64. The lowest BCUT2D eigenvalue weighted by Gasteiger charge is -2.07. The Labute approximate surface area is 127 Å². The van der Waals surface area contributed by atoms with Gasteiger partial charge < -0.3 is 5.32 Å². The fourth-order valence-electron chi connectivity index (χ4n) is 2.26. The summed E-state index contributed by atoms with van der Waals surface area (Å²) in [6.45, 7) is 4.61. The predicted molar refractivity (Wildman–Crippen MR) is 81.4 cm³/mol. The van der Waals surface area contributed by atoms with E-state index in [2.05, 4.69) is 25.6 Å². The van der Waals surface area contributed by atoms with Crippen LogP contribution in [0.4, 0.5) is 0 Å². The zero-order valence-corrected chi connectivity index (χ0v) is 12.4. The number of carbonyl (C=O) groups is 1. The molecule has 0 aliphatic rings. The molecule has 0 bridgehead atoms. The quantitative estimate of drug-likeness (QED) is 0.783. The SMILES string of the molecule is Cc1ncc(C(=O)NCCn2nnc3ccccc32)c(C)n1. The van der Waals surface area contributed by atoms with Crippen LogP contribution in [-0.4, -0.2) is 37.4 Å². The largest absolute Gasteiger partial charge is 0.350 e. The van der Waals surface area contributed by atoms with E-state index in [0.29, 0.717) is 30.2 Å². The van der Waals surface area contributed by atoms with Crippen LogP contribution >= 0.6 is 0 Å². The highest BCUT2D eigenvalue weighted by Crippen LogP contribution is 2.09. The summed E-state index contributed by atoms with van der Waals surface area (Å²) in [7, 11) is 0. The minimum atomic E-state index is -0.179. The van der Waals surface area contributed by atoms with E-state index >= 15 is 0 Å². The molecule has 7 nitrogen and oxygen atoms in total. The van der Waals surface area contributed by atoms with Crippen LogP contribution in [0, 0.1) is 13.8 Å². The molecule has 2 heterocycles. The standard InChI is InChI=1S/C15H16N6O/c1-10-12(9-17-11(2)18-10)15(22)16-7-8-21-14-6-4-3-5-13(14)19-20-21/h3-6,9H,7-8H2,1-2H3,(H,16,22). The maximum atomic E-state index is 12.1. The van der Waals surface area contributed by atoms with E-state index in [1.54, 1.807) is 24.7 Å². The monoisotopic (exact) mass is 296 g/mol. The summed E-state index contributed by atoms with van der Waals surface area (Å²) in [5.41, 5.74) is 2.97. The molecule has 112 valence electrons. The number of hydrogen-bond donors (Lipinski definition) is 1. The molecule has 1 aromatic carbocycles. The molecular weight excluding hydrogens is 280 g/mol. The fourth-order valence-corrected chi connectivity index (χ4v) is 2.26. The highest BCUT2D eigenvalue weighted by Gasteiger charge is 2.10. The number of hydrogen-bond acceptors (Lipinski definition) is 5. The molecule has 0 aliphatic heterocycles. The zero-order valence-electron chi connectivity index (χ0n) is 12.4. The van der Waals surface area contributed by atoms with E-state index < -0.39 is 0 Å². The Morgan fingerprint density at radius 3 is 2.91 bits per heavy atom. The molecule has 0 spiro atoms. The second-order valence-electron chi connectivity index (χ2n) is 4.97. The first-order chi connectivity index (χ1) is 10.6. The van der Waals surface area contributed by atoms with Crippen LogP contribution in [0.3, 0.4) is 0 Å². The van der Waals surface area contributed by atoms with Gasteiger partial charge in [0.15, 0.2) is 0 Å². The van der Waals surface area contributed by atoms with Gasteiger partial charge >= 0.3 is 0 Å². The van der Waals surface area contributed by atoms with Gasteiger partial charge in [-0.15, -0.1) is 5.10 Å². The topological polar surface area (TPSA) is 85.6 Å². The molecule has 0 unspecified atom stereocenters. The third-order valence-corrected chi connectivity index (χ3v) is 3.37. The van der Waals surface area contributed by atoms with Crippen molar-refractivity contribution < 1.29 is 4.79 Å². The molecule has 1 N–H and O–H groups in total. The van der Waals surface area contributed by atoms with Gasteiger partial charge in [0.1, 0.15) is 11.3 Å². The second-order valence-corrected chi connectivity index (χ2v) is 4.97. The third-order valence-electron chi connectivity index (χ3n) is 3.37. The van der Waals surface area contributed by atoms with E-state index in [1.807, 2.05) is 24.3 Å². The molecule has 1 amide bonds. The summed E-state index contributed by atoms with van der Waals surface area (Å²) < 4.78 is 1.77. The van der Waals surface area contributed by atoms with Crippen molar-refractivity contribution in [1.82, 2.24) is 30.3 Å². The van der Waals surface area contributed by atoms with E-state index in [-0.39, 0.29) is 5.91 Å². The molecule has 0 radical (unpaired) electrons. The summed E-state index contributed by atoms with van der Waals surface area (Å²) in [6, 6.07) is 7.72. The zero-order chi connectivity index (χ0) is 15.5. The van der Waals surface area contributed by atoms with Gasteiger partial charge in [-0.25, -0.2) is 14.6 Å². The van der Waals surface area contributed by atoms with Crippen LogP contribution in [0.15, 0.2) is 30.5 Å². The number of carbonyl (C=O) groups excluding carboxylic acids is 1. The number of aromatic nitrogens is 5. The summed E-state index contributed by atoms with van der Waals surface area (Å²) in [4.78, 5) is 20.4. The first-order valence-corrected chi connectivity index (χ1v) is 7.02. The average molecular weight is 296 g/mol. The van der Waals surface area contributed by atoms with Crippen molar-refractivity contribution in [3.05, 3.63) is 47.5 Å². The van der Waals surface area contributed by atoms with Crippen molar-refractivity contribution in [2.24, 2.45) is 0 Å². The predicted octanol–water partition coefficient (Wildman–Crippen LogP) is 1.27. The number of fused-ring (bicyclic) bond motifs is 1. The Morgan fingerprint density at radius 2 is 2.09 bits per heavy atom. The summed E-state index contributed by atoms with van der Waals surface area (Å²) in [5.74, 6) is 0.477. The Bertz CT molecular complexity index is 826. The van der Waals surface area contributed by atoms with Crippen LogP contribution in [0.25, 0.3) is 11.0 Å². The smallest absolute Gasteiger partial charge is 0.254 e. The van der Waals surface area contributed by atoms with Crippen molar-refractivity contribution in [3.63, 3.8) is 0 Å². The Hall–Kier alpha value is -2.83. The second kappa shape index (κ2) is 5.88. The molecule has 7 heteroatoms. The highest BCUT2D eigenvalue weighted by molar-refractivity contribution is 5.94. The number of nitrogens with zero attached hydrogens (tertiary/aromatic N) is 5. The molecule has 3 aromatic rings. The summed E-state index contributed by atoms with van der Waals surface area (Å²) in [5, 5.41) is 11.0. The minimum Gasteiger partial charge on any atom is -0.350 e. The lowest BCUT2D eigenvalue weighted by molar-refractivity contribution is 0.0950. The molecular formula is C15H16N6O. The Morgan fingerprint density at radius 1 is 1.27 bits per heavy atom.